The Morgan fingerprint density at radius 2 is 1.45 bits per heavy atom. The van der Waals surface area contributed by atoms with Gasteiger partial charge in [-0.3, -0.25) is 0 Å². The van der Waals surface area contributed by atoms with Crippen LogP contribution >= 0.6 is 22.6 Å². The second-order valence-corrected chi connectivity index (χ2v) is 5.59. The minimum atomic E-state index is -0.302. The molecular formula is C18H15FeIO2. The second-order valence-electron chi connectivity index (χ2n) is 4.35. The number of carbonyl (C=O) groups is 1. The topological polar surface area (TPSA) is 26.3 Å². The van der Waals surface area contributed by atoms with Crippen LogP contribution in [0.15, 0.2) is 72.8 Å². The molecule has 0 radical (unpaired) electrons. The quantitative estimate of drug-likeness (QED) is 0.243. The third kappa shape index (κ3) is 5.44. The van der Waals surface area contributed by atoms with E-state index in [2.05, 4.69) is 39.5 Å². The van der Waals surface area contributed by atoms with E-state index in [9.17, 15) is 4.79 Å². The summed E-state index contributed by atoms with van der Waals surface area (Å²) in [6.45, 7) is 0. The van der Waals surface area contributed by atoms with E-state index < -0.39 is 0 Å². The first-order chi connectivity index (χ1) is 10.2. The van der Waals surface area contributed by atoms with Crippen molar-refractivity contribution in [1.29, 1.82) is 0 Å². The van der Waals surface area contributed by atoms with Crippen molar-refractivity contribution in [1.82, 2.24) is 0 Å². The minimum absolute atomic E-state index is 0. The smallest absolute Gasteiger partial charge is 0.465 e. The van der Waals surface area contributed by atoms with Gasteiger partial charge in [-0.2, -0.15) is 24.3 Å². The zero-order chi connectivity index (χ0) is 15.1. The molecule has 0 saturated carbocycles. The first kappa shape index (κ1) is 18.7. The number of hydrogen-bond donors (Lipinski definition) is 0. The molecule has 0 atom stereocenters. The number of rotatable bonds is 2. The molecule has 0 fully saturated rings. The van der Waals surface area contributed by atoms with Crippen LogP contribution < -0.4 is 0 Å². The van der Waals surface area contributed by atoms with Crippen molar-refractivity contribution < 1.29 is 26.6 Å². The van der Waals surface area contributed by atoms with Crippen molar-refractivity contribution in [2.75, 3.05) is 7.11 Å². The summed E-state index contributed by atoms with van der Waals surface area (Å²) in [4.78, 5) is 11.2. The first-order valence-electron chi connectivity index (χ1n) is 6.48. The SMILES string of the molecule is COC(=O)c1ccc(-[c-]2cccc2)cc1.I[c-]1cccc1.[Fe+2]. The molecule has 3 aromatic rings. The second kappa shape index (κ2) is 9.61. The predicted octanol–water partition coefficient (Wildman–Crippen LogP) is 4.87. The Morgan fingerprint density at radius 1 is 0.955 bits per heavy atom. The van der Waals surface area contributed by atoms with Gasteiger partial charge in [0.1, 0.15) is 0 Å². The van der Waals surface area contributed by atoms with E-state index in [0.717, 1.165) is 11.1 Å². The fourth-order valence-electron chi connectivity index (χ4n) is 1.83. The summed E-state index contributed by atoms with van der Waals surface area (Å²) in [7, 11) is 1.38. The van der Waals surface area contributed by atoms with Crippen molar-refractivity contribution in [3.63, 3.8) is 0 Å². The normalized spacial score (nSPS) is 9.18. The number of carbonyl (C=O) groups excluding carboxylic acids is 1. The van der Waals surface area contributed by atoms with E-state index in [1.807, 2.05) is 48.5 Å². The van der Waals surface area contributed by atoms with E-state index in [1.165, 1.54) is 10.7 Å². The van der Waals surface area contributed by atoms with Gasteiger partial charge in [0.05, 0.1) is 7.11 Å². The molecule has 0 amide bonds. The molecule has 0 unspecified atom stereocenters. The molecule has 0 heterocycles. The Kier molecular flexibility index (Phi) is 8.17. The van der Waals surface area contributed by atoms with E-state index in [0.29, 0.717) is 5.56 Å². The Morgan fingerprint density at radius 3 is 1.86 bits per heavy atom. The summed E-state index contributed by atoms with van der Waals surface area (Å²) in [6, 6.07) is 23.6. The average Bonchev–Trinajstić information content (AvgIpc) is 3.20. The Balaban J connectivity index is 0.000000293. The number of halogens is 1. The van der Waals surface area contributed by atoms with E-state index in [1.54, 1.807) is 12.1 Å². The molecule has 0 bridgehead atoms. The van der Waals surface area contributed by atoms with Crippen molar-refractivity contribution in [3.8, 4) is 11.1 Å². The number of esters is 1. The summed E-state index contributed by atoms with van der Waals surface area (Å²) in [5.74, 6) is -0.302. The number of hydrogen-bond acceptors (Lipinski definition) is 2. The maximum Gasteiger partial charge on any atom is 2.00 e. The van der Waals surface area contributed by atoms with Gasteiger partial charge in [0.2, 0.25) is 0 Å². The monoisotopic (exact) mass is 446 g/mol. The maximum absolute atomic E-state index is 11.2. The number of benzene rings is 1. The van der Waals surface area contributed by atoms with Gasteiger partial charge in [-0.15, -0.1) is 52.4 Å². The zero-order valence-corrected chi connectivity index (χ0v) is 15.2. The van der Waals surface area contributed by atoms with Gasteiger partial charge < -0.3 is 4.74 Å². The minimum Gasteiger partial charge on any atom is -0.465 e. The summed E-state index contributed by atoms with van der Waals surface area (Å²) < 4.78 is 5.94. The van der Waals surface area contributed by atoms with Crippen molar-refractivity contribution in [3.05, 3.63) is 81.9 Å². The molecule has 114 valence electrons. The number of ether oxygens (including phenoxy) is 1. The predicted molar refractivity (Wildman–Crippen MR) is 93.6 cm³/mol. The third-order valence-electron chi connectivity index (χ3n) is 2.92. The van der Waals surface area contributed by atoms with E-state index in [-0.39, 0.29) is 23.0 Å². The van der Waals surface area contributed by atoms with Gasteiger partial charge in [0, 0.05) is 5.56 Å². The van der Waals surface area contributed by atoms with Crippen molar-refractivity contribution in [2.24, 2.45) is 0 Å². The molecule has 3 rings (SSSR count). The molecule has 0 aliphatic rings. The molecule has 4 heteroatoms. The largest absolute Gasteiger partial charge is 2.00 e. The fraction of sp³-hybridized carbons (Fsp3) is 0.0556. The zero-order valence-electron chi connectivity index (χ0n) is 12.0. The molecule has 22 heavy (non-hydrogen) atoms. The van der Waals surface area contributed by atoms with Gasteiger partial charge in [-0.1, -0.05) is 21.3 Å². The maximum atomic E-state index is 11.2. The molecular weight excluding hydrogens is 431 g/mol. The average molecular weight is 446 g/mol. The van der Waals surface area contributed by atoms with Crippen molar-refractivity contribution >= 4 is 28.6 Å². The third-order valence-corrected chi connectivity index (χ3v) is 3.64. The van der Waals surface area contributed by atoms with Crippen LogP contribution in [0.5, 0.6) is 0 Å². The molecule has 0 aromatic heterocycles. The molecule has 0 N–H and O–H groups in total. The molecule has 0 saturated heterocycles. The van der Waals surface area contributed by atoms with Gasteiger partial charge in [0.15, 0.2) is 0 Å². The summed E-state index contributed by atoms with van der Waals surface area (Å²) >= 11 is 2.28. The van der Waals surface area contributed by atoms with Crippen LogP contribution in [-0.4, -0.2) is 13.1 Å². The van der Waals surface area contributed by atoms with E-state index in [4.69, 9.17) is 0 Å². The molecule has 0 spiro atoms. The van der Waals surface area contributed by atoms with Gasteiger partial charge in [-0.05, 0) is 0 Å². The van der Waals surface area contributed by atoms with Gasteiger partial charge in [-0.25, -0.2) is 16.9 Å². The molecule has 0 aliphatic heterocycles. The van der Waals surface area contributed by atoms with Crippen LogP contribution in [-0.2, 0) is 21.8 Å². The van der Waals surface area contributed by atoms with Gasteiger partial charge >= 0.3 is 23.0 Å². The van der Waals surface area contributed by atoms with Crippen LogP contribution in [0.25, 0.3) is 11.1 Å². The molecule has 2 nitrogen and oxygen atoms in total. The Bertz CT molecular complexity index is 656. The van der Waals surface area contributed by atoms with Crippen LogP contribution in [0.3, 0.4) is 0 Å². The summed E-state index contributed by atoms with van der Waals surface area (Å²) in [5, 5.41) is 0. The molecule has 3 aromatic carbocycles. The van der Waals surface area contributed by atoms with Crippen LogP contribution in [0, 0.1) is 3.57 Å². The van der Waals surface area contributed by atoms with Crippen LogP contribution in [0.2, 0.25) is 0 Å². The first-order valence-corrected chi connectivity index (χ1v) is 7.56. The molecule has 0 aliphatic carbocycles. The Hall–Kier alpha value is -1.36. The summed E-state index contributed by atoms with van der Waals surface area (Å²) in [6.07, 6.45) is 0. The Labute approximate surface area is 154 Å². The fourth-order valence-corrected chi connectivity index (χ4v) is 2.25. The number of methoxy groups -OCH3 is 1. The summed E-state index contributed by atoms with van der Waals surface area (Å²) in [5.41, 5.74) is 2.84. The van der Waals surface area contributed by atoms with Crippen molar-refractivity contribution in [2.45, 2.75) is 0 Å². The van der Waals surface area contributed by atoms with Crippen LogP contribution in [0.1, 0.15) is 10.4 Å². The van der Waals surface area contributed by atoms with E-state index >= 15 is 0 Å². The van der Waals surface area contributed by atoms with Gasteiger partial charge in [0.25, 0.3) is 0 Å². The standard InChI is InChI=1S/C13H11O2.C5H4I.Fe/c1-15-13(14)12-8-6-11(7-9-12)10-4-2-3-5-10;6-5-3-1-2-4-5;/h2-9H,1H3;1-4H;/q2*-1;+2. The van der Waals surface area contributed by atoms with Crippen LogP contribution in [0.4, 0.5) is 0 Å².